The first-order chi connectivity index (χ1) is 14.7. The molecule has 0 radical (unpaired) electrons. The standard InChI is InChI=1S/C22H16FN5OS/c1-2-29-18-10-6-4-8-15(18)20-16(11-24)19-21(30-20)22(26-13-25-19)28-27-12-14-7-3-5-9-17(14)23/h3-10,12-13H,2H2,1H3,(H,25,26,28)/b27-12+. The molecule has 30 heavy (non-hydrogen) atoms. The van der Waals surface area contributed by atoms with Crippen molar-refractivity contribution >= 4 is 33.6 Å². The second-order valence-corrected chi connectivity index (χ2v) is 7.16. The first-order valence-corrected chi connectivity index (χ1v) is 9.98. The smallest absolute Gasteiger partial charge is 0.167 e. The molecule has 0 saturated carbocycles. The monoisotopic (exact) mass is 417 g/mol. The Labute approximate surface area is 176 Å². The number of ether oxygens (including phenoxy) is 1. The maximum absolute atomic E-state index is 13.8. The lowest BCUT2D eigenvalue weighted by atomic mass is 10.1. The van der Waals surface area contributed by atoms with E-state index in [4.69, 9.17) is 4.74 Å². The van der Waals surface area contributed by atoms with Gasteiger partial charge in [0.2, 0.25) is 0 Å². The zero-order valence-corrected chi connectivity index (χ0v) is 16.8. The summed E-state index contributed by atoms with van der Waals surface area (Å²) < 4.78 is 20.2. The van der Waals surface area contributed by atoms with Crippen LogP contribution in [0.3, 0.4) is 0 Å². The minimum atomic E-state index is -0.367. The highest BCUT2D eigenvalue weighted by atomic mass is 32.1. The lowest BCUT2D eigenvalue weighted by Gasteiger charge is -2.08. The quantitative estimate of drug-likeness (QED) is 0.344. The molecule has 0 aliphatic heterocycles. The van der Waals surface area contributed by atoms with Gasteiger partial charge in [0.1, 0.15) is 29.5 Å². The molecule has 2 aromatic carbocycles. The van der Waals surface area contributed by atoms with Crippen molar-refractivity contribution in [2.24, 2.45) is 5.10 Å². The number of nitriles is 1. The summed E-state index contributed by atoms with van der Waals surface area (Å²) in [5.74, 6) is 0.769. The summed E-state index contributed by atoms with van der Waals surface area (Å²) in [5, 5.41) is 13.9. The van der Waals surface area contributed by atoms with E-state index < -0.39 is 0 Å². The van der Waals surface area contributed by atoms with Crippen LogP contribution in [-0.2, 0) is 0 Å². The zero-order valence-electron chi connectivity index (χ0n) is 16.0. The lowest BCUT2D eigenvalue weighted by molar-refractivity contribution is 0.341. The van der Waals surface area contributed by atoms with Gasteiger partial charge in [0.15, 0.2) is 5.82 Å². The molecule has 2 heterocycles. The van der Waals surface area contributed by atoms with E-state index in [1.54, 1.807) is 18.2 Å². The summed E-state index contributed by atoms with van der Waals surface area (Å²) in [6.07, 6.45) is 2.75. The zero-order chi connectivity index (χ0) is 20.9. The van der Waals surface area contributed by atoms with E-state index in [9.17, 15) is 9.65 Å². The molecule has 0 spiro atoms. The molecule has 0 saturated heterocycles. The Morgan fingerprint density at radius 3 is 2.80 bits per heavy atom. The molecular formula is C22H16FN5OS. The first-order valence-electron chi connectivity index (χ1n) is 9.16. The van der Waals surface area contributed by atoms with Crippen LogP contribution < -0.4 is 10.2 Å². The molecule has 1 N–H and O–H groups in total. The van der Waals surface area contributed by atoms with Crippen LogP contribution in [-0.4, -0.2) is 22.8 Å². The summed E-state index contributed by atoms with van der Waals surface area (Å²) in [6.45, 7) is 2.43. The molecule has 0 unspecified atom stereocenters. The van der Waals surface area contributed by atoms with Crippen LogP contribution in [0.1, 0.15) is 18.1 Å². The minimum absolute atomic E-state index is 0.352. The van der Waals surface area contributed by atoms with Gasteiger partial charge >= 0.3 is 0 Å². The summed E-state index contributed by atoms with van der Waals surface area (Å²) in [5.41, 5.74) is 4.99. The van der Waals surface area contributed by atoms with Crippen molar-refractivity contribution in [3.63, 3.8) is 0 Å². The molecule has 2 aromatic heterocycles. The summed E-state index contributed by atoms with van der Waals surface area (Å²) in [4.78, 5) is 9.29. The van der Waals surface area contributed by atoms with Gasteiger partial charge in [-0.3, -0.25) is 5.43 Å². The number of para-hydroxylation sites is 1. The van der Waals surface area contributed by atoms with E-state index in [2.05, 4.69) is 26.6 Å². The van der Waals surface area contributed by atoms with Crippen LogP contribution in [0, 0.1) is 17.1 Å². The van der Waals surface area contributed by atoms with E-state index in [-0.39, 0.29) is 5.82 Å². The van der Waals surface area contributed by atoms with E-state index >= 15 is 0 Å². The van der Waals surface area contributed by atoms with Gasteiger partial charge in [0.05, 0.1) is 28.0 Å². The van der Waals surface area contributed by atoms with E-state index in [1.165, 1.54) is 29.9 Å². The molecule has 4 aromatic rings. The maximum Gasteiger partial charge on any atom is 0.167 e. The van der Waals surface area contributed by atoms with Crippen molar-refractivity contribution < 1.29 is 9.13 Å². The highest BCUT2D eigenvalue weighted by molar-refractivity contribution is 7.23. The summed E-state index contributed by atoms with van der Waals surface area (Å²) in [7, 11) is 0. The van der Waals surface area contributed by atoms with Gasteiger partial charge in [-0.05, 0) is 25.1 Å². The van der Waals surface area contributed by atoms with Crippen LogP contribution in [0.25, 0.3) is 20.7 Å². The number of anilines is 1. The van der Waals surface area contributed by atoms with Crippen LogP contribution in [0.2, 0.25) is 0 Å². The second kappa shape index (κ2) is 8.68. The highest BCUT2D eigenvalue weighted by Crippen LogP contribution is 2.43. The summed E-state index contributed by atoms with van der Waals surface area (Å²) >= 11 is 1.38. The molecule has 0 aliphatic rings. The molecule has 0 amide bonds. The fourth-order valence-electron chi connectivity index (χ4n) is 2.96. The largest absolute Gasteiger partial charge is 0.493 e. The SMILES string of the molecule is CCOc1ccccc1-c1sc2c(N/N=C/c3ccccc3F)ncnc2c1C#N. The van der Waals surface area contributed by atoms with Crippen molar-refractivity contribution in [3.05, 3.63) is 71.8 Å². The Bertz CT molecular complexity index is 1280. The Morgan fingerprint density at radius 1 is 1.20 bits per heavy atom. The first kappa shape index (κ1) is 19.5. The van der Waals surface area contributed by atoms with Crippen molar-refractivity contribution in [2.75, 3.05) is 12.0 Å². The molecule has 0 bridgehead atoms. The molecule has 6 nitrogen and oxygen atoms in total. The third-order valence-electron chi connectivity index (χ3n) is 4.29. The average Bonchev–Trinajstić information content (AvgIpc) is 3.15. The predicted molar refractivity (Wildman–Crippen MR) is 116 cm³/mol. The second-order valence-electron chi connectivity index (χ2n) is 6.14. The molecule has 0 aliphatic carbocycles. The fraction of sp³-hybridized carbons (Fsp3) is 0.0909. The number of rotatable bonds is 6. The van der Waals surface area contributed by atoms with Crippen molar-refractivity contribution in [3.8, 4) is 22.3 Å². The van der Waals surface area contributed by atoms with Gasteiger partial charge in [-0.2, -0.15) is 10.4 Å². The highest BCUT2D eigenvalue weighted by Gasteiger charge is 2.20. The molecule has 0 fully saturated rings. The van der Waals surface area contributed by atoms with Crippen molar-refractivity contribution in [2.45, 2.75) is 6.92 Å². The van der Waals surface area contributed by atoms with Gasteiger partial charge in [0, 0.05) is 11.1 Å². The number of hydrogen-bond acceptors (Lipinski definition) is 7. The third-order valence-corrected chi connectivity index (χ3v) is 5.51. The van der Waals surface area contributed by atoms with Gasteiger partial charge in [-0.1, -0.05) is 30.3 Å². The van der Waals surface area contributed by atoms with Crippen LogP contribution >= 0.6 is 11.3 Å². The van der Waals surface area contributed by atoms with E-state index in [1.807, 2.05) is 31.2 Å². The number of hydrogen-bond donors (Lipinski definition) is 1. The molecule has 148 valence electrons. The van der Waals surface area contributed by atoms with E-state index in [0.717, 1.165) is 10.4 Å². The van der Waals surface area contributed by atoms with Crippen LogP contribution in [0.5, 0.6) is 5.75 Å². The number of aromatic nitrogens is 2. The number of halogens is 1. The molecule has 4 rings (SSSR count). The van der Waals surface area contributed by atoms with Crippen molar-refractivity contribution in [1.82, 2.24) is 9.97 Å². The Balaban J connectivity index is 1.76. The van der Waals surface area contributed by atoms with Gasteiger partial charge < -0.3 is 4.74 Å². The minimum Gasteiger partial charge on any atom is -0.493 e. The number of nitrogens with zero attached hydrogens (tertiary/aromatic N) is 4. The number of hydrazone groups is 1. The molecule has 0 atom stereocenters. The molecule has 8 heteroatoms. The summed E-state index contributed by atoms with van der Waals surface area (Å²) in [6, 6.07) is 16.1. The average molecular weight is 417 g/mol. The number of thiophene rings is 1. The number of benzene rings is 2. The van der Waals surface area contributed by atoms with Gasteiger partial charge in [0.25, 0.3) is 0 Å². The topological polar surface area (TPSA) is 83.2 Å². The predicted octanol–water partition coefficient (Wildman–Crippen LogP) is 5.21. The Morgan fingerprint density at radius 2 is 2.00 bits per heavy atom. The van der Waals surface area contributed by atoms with Crippen molar-refractivity contribution in [1.29, 1.82) is 5.26 Å². The van der Waals surface area contributed by atoms with Gasteiger partial charge in [-0.15, -0.1) is 11.3 Å². The normalized spacial score (nSPS) is 11.0. The van der Waals surface area contributed by atoms with Gasteiger partial charge in [-0.25, -0.2) is 14.4 Å². The Kier molecular flexibility index (Phi) is 5.63. The number of fused-ring (bicyclic) bond motifs is 1. The third kappa shape index (κ3) is 3.71. The van der Waals surface area contributed by atoms with Crippen LogP contribution in [0.15, 0.2) is 60.0 Å². The van der Waals surface area contributed by atoms with Crippen LogP contribution in [0.4, 0.5) is 10.2 Å². The maximum atomic E-state index is 13.8. The van der Waals surface area contributed by atoms with E-state index in [0.29, 0.717) is 39.5 Å². The lowest BCUT2D eigenvalue weighted by Crippen LogP contribution is -1.96. The number of nitrogens with one attached hydrogen (secondary N) is 1. The fourth-order valence-corrected chi connectivity index (χ4v) is 4.13. The Hall–Kier alpha value is -3.83. The molecular weight excluding hydrogens is 401 g/mol.